The highest BCUT2D eigenvalue weighted by Gasteiger charge is 2.13. The number of hydrogen-bond acceptors (Lipinski definition) is 5. The Morgan fingerprint density at radius 3 is 2.61 bits per heavy atom. The zero-order valence-corrected chi connectivity index (χ0v) is 17.2. The molecule has 0 saturated heterocycles. The molecule has 6 nitrogen and oxygen atoms in total. The number of carbonyl (C=O) groups excluding carboxylic acids is 1. The molecule has 6 heteroatoms. The van der Waals surface area contributed by atoms with Gasteiger partial charge in [-0.05, 0) is 36.3 Å². The van der Waals surface area contributed by atoms with E-state index in [1.54, 1.807) is 12.1 Å². The minimum absolute atomic E-state index is 0.110. The highest BCUT2D eigenvalue weighted by atomic mass is 16.3. The number of nitrogens with two attached hydrogens (primary N) is 1. The van der Waals surface area contributed by atoms with Gasteiger partial charge < -0.3 is 20.8 Å². The number of rotatable bonds is 8. The molecule has 0 bridgehead atoms. The van der Waals surface area contributed by atoms with Gasteiger partial charge in [0.15, 0.2) is 5.43 Å². The van der Waals surface area contributed by atoms with E-state index in [1.165, 1.54) is 6.07 Å². The van der Waals surface area contributed by atoms with E-state index in [1.807, 2.05) is 48.5 Å². The minimum Gasteiger partial charge on any atom is -0.455 e. The monoisotopic (exact) mass is 415 g/mol. The molecule has 0 radical (unpaired) electrons. The first-order chi connectivity index (χ1) is 15.2. The summed E-state index contributed by atoms with van der Waals surface area (Å²) in [5.74, 6) is 0.387. The molecule has 0 aliphatic carbocycles. The normalized spacial score (nSPS) is 11.1. The maximum atomic E-state index is 12.8. The summed E-state index contributed by atoms with van der Waals surface area (Å²) in [5.41, 5.74) is 7.46. The van der Waals surface area contributed by atoms with Crippen molar-refractivity contribution in [3.63, 3.8) is 0 Å². The maximum Gasteiger partial charge on any atom is 0.234 e. The predicted molar refractivity (Wildman–Crippen MR) is 124 cm³/mol. The van der Waals surface area contributed by atoms with Crippen LogP contribution in [0.25, 0.3) is 33.1 Å². The van der Waals surface area contributed by atoms with Crippen LogP contribution in [-0.4, -0.2) is 25.5 Å². The van der Waals surface area contributed by atoms with Gasteiger partial charge in [-0.2, -0.15) is 0 Å². The molecule has 0 spiro atoms. The summed E-state index contributed by atoms with van der Waals surface area (Å²) in [7, 11) is 0. The Morgan fingerprint density at radius 2 is 1.74 bits per heavy atom. The zero-order chi connectivity index (χ0) is 21.6. The summed E-state index contributed by atoms with van der Waals surface area (Å²) >= 11 is 0. The topological polar surface area (TPSA) is 97.4 Å². The fraction of sp³-hybridized carbons (Fsp3) is 0.200. The van der Waals surface area contributed by atoms with E-state index in [0.29, 0.717) is 29.8 Å². The van der Waals surface area contributed by atoms with Crippen molar-refractivity contribution in [2.45, 2.75) is 13.0 Å². The summed E-state index contributed by atoms with van der Waals surface area (Å²) in [4.78, 5) is 25.0. The van der Waals surface area contributed by atoms with Gasteiger partial charge in [-0.25, -0.2) is 0 Å². The van der Waals surface area contributed by atoms with Crippen molar-refractivity contribution in [3.8, 4) is 11.3 Å². The van der Waals surface area contributed by atoms with Crippen LogP contribution in [0.3, 0.4) is 0 Å². The SMILES string of the molecule is NCCCNCC(=O)NCc1cccc2c(=O)cc(-c3cccc4ccccc34)oc12. The molecule has 4 aromatic rings. The molecule has 0 saturated carbocycles. The summed E-state index contributed by atoms with van der Waals surface area (Å²) in [6.45, 7) is 1.77. The summed E-state index contributed by atoms with van der Waals surface area (Å²) in [6.07, 6.45) is 0.818. The average Bonchev–Trinajstić information content (AvgIpc) is 2.80. The molecule has 0 unspecified atom stereocenters. The van der Waals surface area contributed by atoms with Gasteiger partial charge in [0.25, 0.3) is 0 Å². The van der Waals surface area contributed by atoms with Crippen molar-refractivity contribution in [1.29, 1.82) is 0 Å². The predicted octanol–water partition coefficient (Wildman–Crippen LogP) is 3.17. The number of amides is 1. The molecular weight excluding hydrogens is 390 g/mol. The van der Waals surface area contributed by atoms with Gasteiger partial charge in [0, 0.05) is 23.7 Å². The quantitative estimate of drug-likeness (QED) is 0.384. The first-order valence-electron chi connectivity index (χ1n) is 10.4. The first kappa shape index (κ1) is 20.8. The summed E-state index contributed by atoms with van der Waals surface area (Å²) < 4.78 is 6.23. The Bertz CT molecular complexity index is 1270. The van der Waals surface area contributed by atoms with E-state index in [-0.39, 0.29) is 24.4 Å². The molecule has 1 amide bonds. The van der Waals surface area contributed by atoms with Gasteiger partial charge in [-0.15, -0.1) is 0 Å². The third kappa shape index (κ3) is 4.66. The summed E-state index contributed by atoms with van der Waals surface area (Å²) in [6, 6.07) is 20.9. The number of fused-ring (bicyclic) bond motifs is 2. The maximum absolute atomic E-state index is 12.8. The second kappa shape index (κ2) is 9.55. The molecule has 31 heavy (non-hydrogen) atoms. The van der Waals surface area contributed by atoms with Gasteiger partial charge in [-0.1, -0.05) is 54.6 Å². The largest absolute Gasteiger partial charge is 0.455 e. The van der Waals surface area contributed by atoms with Crippen LogP contribution in [0.5, 0.6) is 0 Å². The molecule has 1 heterocycles. The number of benzene rings is 3. The summed E-state index contributed by atoms with van der Waals surface area (Å²) in [5, 5.41) is 8.52. The molecule has 1 aromatic heterocycles. The van der Waals surface area contributed by atoms with Crippen LogP contribution in [0.2, 0.25) is 0 Å². The second-order valence-electron chi connectivity index (χ2n) is 7.39. The Hall–Kier alpha value is -3.48. The van der Waals surface area contributed by atoms with Gasteiger partial charge >= 0.3 is 0 Å². The number of hydrogen-bond donors (Lipinski definition) is 3. The van der Waals surface area contributed by atoms with Crippen LogP contribution in [-0.2, 0) is 11.3 Å². The van der Waals surface area contributed by atoms with Crippen LogP contribution in [0.1, 0.15) is 12.0 Å². The molecular formula is C25H25N3O3. The van der Waals surface area contributed by atoms with E-state index in [2.05, 4.69) is 10.6 Å². The van der Waals surface area contributed by atoms with Crippen LogP contribution >= 0.6 is 0 Å². The molecule has 4 rings (SSSR count). The number of carbonyl (C=O) groups is 1. The Labute approximate surface area is 180 Å². The van der Waals surface area contributed by atoms with E-state index in [4.69, 9.17) is 10.2 Å². The molecule has 4 N–H and O–H groups in total. The second-order valence-corrected chi connectivity index (χ2v) is 7.39. The van der Waals surface area contributed by atoms with E-state index in [0.717, 1.165) is 28.3 Å². The van der Waals surface area contributed by atoms with Gasteiger partial charge in [0.2, 0.25) is 5.91 Å². The fourth-order valence-corrected chi connectivity index (χ4v) is 3.63. The van der Waals surface area contributed by atoms with E-state index in [9.17, 15) is 9.59 Å². The van der Waals surface area contributed by atoms with Crippen molar-refractivity contribution in [1.82, 2.24) is 10.6 Å². The highest BCUT2D eigenvalue weighted by Crippen LogP contribution is 2.30. The molecule has 0 fully saturated rings. The van der Waals surface area contributed by atoms with Crippen molar-refractivity contribution >= 4 is 27.6 Å². The van der Waals surface area contributed by atoms with Gasteiger partial charge in [0.1, 0.15) is 11.3 Å². The lowest BCUT2D eigenvalue weighted by molar-refractivity contribution is -0.120. The Morgan fingerprint density at radius 1 is 0.968 bits per heavy atom. The van der Waals surface area contributed by atoms with E-state index < -0.39 is 0 Å². The lowest BCUT2D eigenvalue weighted by Gasteiger charge is -2.11. The number of nitrogens with one attached hydrogen (secondary N) is 2. The third-order valence-corrected chi connectivity index (χ3v) is 5.21. The lowest BCUT2D eigenvalue weighted by atomic mass is 10.0. The Kier molecular flexibility index (Phi) is 6.40. The van der Waals surface area contributed by atoms with Crippen LogP contribution < -0.4 is 21.8 Å². The lowest BCUT2D eigenvalue weighted by Crippen LogP contribution is -2.34. The van der Waals surface area contributed by atoms with Gasteiger partial charge in [-0.3, -0.25) is 9.59 Å². The van der Waals surface area contributed by atoms with E-state index >= 15 is 0 Å². The van der Waals surface area contributed by atoms with Crippen LogP contribution in [0.4, 0.5) is 0 Å². The minimum atomic E-state index is -0.124. The van der Waals surface area contributed by atoms with Crippen molar-refractivity contribution < 1.29 is 9.21 Å². The molecule has 158 valence electrons. The number of para-hydroxylation sites is 1. The first-order valence-corrected chi connectivity index (χ1v) is 10.4. The van der Waals surface area contributed by atoms with Crippen molar-refractivity contribution in [2.75, 3.05) is 19.6 Å². The molecule has 0 aliphatic rings. The smallest absolute Gasteiger partial charge is 0.234 e. The van der Waals surface area contributed by atoms with Crippen molar-refractivity contribution in [3.05, 3.63) is 82.5 Å². The standard InChI is InChI=1S/C25H25N3O3/c26-12-5-13-27-16-24(30)28-15-18-8-4-11-21-22(29)14-23(31-25(18)21)20-10-3-7-17-6-1-2-9-19(17)20/h1-4,6-11,14,27H,5,12-13,15-16,26H2,(H,28,30). The molecule has 0 aliphatic heterocycles. The van der Waals surface area contributed by atoms with Crippen molar-refractivity contribution in [2.24, 2.45) is 5.73 Å². The molecule has 0 atom stereocenters. The third-order valence-electron chi connectivity index (χ3n) is 5.21. The average molecular weight is 415 g/mol. The van der Waals surface area contributed by atoms with Crippen LogP contribution in [0, 0.1) is 0 Å². The highest BCUT2D eigenvalue weighted by molar-refractivity contribution is 5.96. The Balaban J connectivity index is 1.65. The zero-order valence-electron chi connectivity index (χ0n) is 17.2. The van der Waals surface area contributed by atoms with Crippen LogP contribution in [0.15, 0.2) is 75.9 Å². The molecule has 3 aromatic carbocycles. The fourth-order valence-electron chi connectivity index (χ4n) is 3.63. The van der Waals surface area contributed by atoms with Gasteiger partial charge in [0.05, 0.1) is 11.9 Å².